The highest BCUT2D eigenvalue weighted by Crippen LogP contribution is 2.29. The molecule has 0 bridgehead atoms. The highest BCUT2D eigenvalue weighted by Gasteiger charge is 2.30. The quantitative estimate of drug-likeness (QED) is 0.801. The van der Waals surface area contributed by atoms with Crippen molar-refractivity contribution < 1.29 is 13.2 Å². The van der Waals surface area contributed by atoms with Gasteiger partial charge in [-0.1, -0.05) is 23.5 Å². The van der Waals surface area contributed by atoms with E-state index in [1.54, 1.807) is 16.8 Å². The molecule has 2 aromatic heterocycles. The second-order valence-electron chi connectivity index (χ2n) is 4.57. The van der Waals surface area contributed by atoms with Crippen LogP contribution in [0, 0.1) is 6.92 Å². The number of aryl methyl sites for hydroxylation is 1. The van der Waals surface area contributed by atoms with Crippen LogP contribution in [0.1, 0.15) is 16.8 Å². The topological polar surface area (TPSA) is 42.2 Å². The van der Waals surface area contributed by atoms with Crippen LogP contribution in [0.15, 0.2) is 30.5 Å². The summed E-state index contributed by atoms with van der Waals surface area (Å²) in [6.07, 6.45) is -2.53. The number of anilines is 1. The van der Waals surface area contributed by atoms with Gasteiger partial charge in [-0.25, -0.2) is 9.50 Å². The van der Waals surface area contributed by atoms with Gasteiger partial charge in [0.15, 0.2) is 0 Å². The van der Waals surface area contributed by atoms with Crippen LogP contribution in [-0.4, -0.2) is 14.6 Å². The Kier molecular flexibility index (Phi) is 3.32. The Balaban J connectivity index is 1.73. The molecule has 0 aliphatic rings. The van der Waals surface area contributed by atoms with E-state index >= 15 is 0 Å². The fourth-order valence-corrected chi connectivity index (χ4v) is 2.74. The molecule has 4 nitrogen and oxygen atoms in total. The third-order valence-electron chi connectivity index (χ3n) is 2.86. The maximum absolute atomic E-state index is 12.6. The smallest absolute Gasteiger partial charge is 0.356 e. The summed E-state index contributed by atoms with van der Waals surface area (Å²) in [6, 6.07) is 5.24. The number of nitrogens with one attached hydrogen (secondary N) is 1. The Morgan fingerprint density at radius 1 is 1.33 bits per heavy atom. The normalized spacial score (nSPS) is 12.0. The first kappa shape index (κ1) is 13.9. The maximum Gasteiger partial charge on any atom is 0.416 e. The highest BCUT2D eigenvalue weighted by atomic mass is 32.1. The predicted molar refractivity (Wildman–Crippen MR) is 74.4 cm³/mol. The number of imidazole rings is 1. The Bertz CT molecular complexity index is 744. The molecular weight excluding hydrogens is 301 g/mol. The van der Waals surface area contributed by atoms with Gasteiger partial charge in [0.05, 0.1) is 17.5 Å². The lowest BCUT2D eigenvalue weighted by Gasteiger charge is -2.08. The van der Waals surface area contributed by atoms with Crippen LogP contribution in [0.25, 0.3) is 4.96 Å². The van der Waals surface area contributed by atoms with Crippen LogP contribution < -0.4 is 5.32 Å². The van der Waals surface area contributed by atoms with Crippen molar-refractivity contribution in [2.45, 2.75) is 19.6 Å². The average molecular weight is 312 g/mol. The number of benzene rings is 1. The lowest BCUT2D eigenvalue weighted by molar-refractivity contribution is -0.137. The Morgan fingerprint density at radius 2 is 2.14 bits per heavy atom. The van der Waals surface area contributed by atoms with E-state index in [9.17, 15) is 13.2 Å². The van der Waals surface area contributed by atoms with E-state index < -0.39 is 11.7 Å². The van der Waals surface area contributed by atoms with Crippen LogP contribution >= 0.6 is 11.3 Å². The fraction of sp³-hybridized carbons (Fsp3) is 0.231. The number of hydrogen-bond donors (Lipinski definition) is 1. The van der Waals surface area contributed by atoms with E-state index in [1.807, 2.05) is 6.92 Å². The summed E-state index contributed by atoms with van der Waals surface area (Å²) in [7, 11) is 0. The van der Waals surface area contributed by atoms with Gasteiger partial charge in [0.2, 0.25) is 10.1 Å². The lowest BCUT2D eigenvalue weighted by atomic mass is 10.1. The van der Waals surface area contributed by atoms with Gasteiger partial charge in [-0.05, 0) is 24.6 Å². The van der Waals surface area contributed by atoms with Crippen molar-refractivity contribution >= 4 is 21.4 Å². The van der Waals surface area contributed by atoms with Crippen LogP contribution in [0.3, 0.4) is 0 Å². The molecule has 0 atom stereocenters. The van der Waals surface area contributed by atoms with E-state index in [0.717, 1.165) is 22.8 Å². The zero-order chi connectivity index (χ0) is 15.0. The van der Waals surface area contributed by atoms with Crippen molar-refractivity contribution in [2.75, 3.05) is 5.32 Å². The first-order valence-electron chi connectivity index (χ1n) is 6.14. The first-order valence-corrected chi connectivity index (χ1v) is 6.96. The van der Waals surface area contributed by atoms with Crippen molar-refractivity contribution in [2.24, 2.45) is 0 Å². The van der Waals surface area contributed by atoms with Crippen molar-refractivity contribution in [1.29, 1.82) is 0 Å². The minimum absolute atomic E-state index is 0.277. The SMILES string of the molecule is Cc1cn2nc(NCc3cccc(C(F)(F)F)c3)sc2n1. The standard InChI is InChI=1S/C13H11F3N4S/c1-8-7-20-12(18-8)21-11(19-20)17-6-9-3-2-4-10(5-9)13(14,15)16/h2-5,7H,6H2,1H3,(H,17,19). The first-order chi connectivity index (χ1) is 9.91. The zero-order valence-electron chi connectivity index (χ0n) is 11.0. The lowest BCUT2D eigenvalue weighted by Crippen LogP contribution is -2.06. The van der Waals surface area contributed by atoms with Gasteiger partial charge in [-0.3, -0.25) is 0 Å². The molecule has 3 aromatic rings. The van der Waals surface area contributed by atoms with Crippen LogP contribution in [-0.2, 0) is 12.7 Å². The molecule has 3 rings (SSSR count). The van der Waals surface area contributed by atoms with Crippen LogP contribution in [0.4, 0.5) is 18.3 Å². The van der Waals surface area contributed by atoms with Crippen molar-refractivity contribution in [3.63, 3.8) is 0 Å². The zero-order valence-corrected chi connectivity index (χ0v) is 11.8. The number of hydrogen-bond acceptors (Lipinski definition) is 4. The van der Waals surface area contributed by atoms with Gasteiger partial charge in [0, 0.05) is 6.54 Å². The van der Waals surface area contributed by atoms with Gasteiger partial charge in [-0.2, -0.15) is 13.2 Å². The Morgan fingerprint density at radius 3 is 2.86 bits per heavy atom. The number of fused-ring (bicyclic) bond motifs is 1. The second kappa shape index (κ2) is 5.03. The summed E-state index contributed by atoms with van der Waals surface area (Å²) >= 11 is 1.35. The van der Waals surface area contributed by atoms with Crippen molar-refractivity contribution in [3.8, 4) is 0 Å². The molecule has 0 aliphatic carbocycles. The summed E-state index contributed by atoms with van der Waals surface area (Å²) in [5.74, 6) is 0. The Hall–Kier alpha value is -2.09. The van der Waals surface area contributed by atoms with Gasteiger partial charge < -0.3 is 5.32 Å². The molecule has 0 saturated heterocycles. The number of nitrogens with zero attached hydrogens (tertiary/aromatic N) is 3. The summed E-state index contributed by atoms with van der Waals surface area (Å²) in [5.41, 5.74) is 0.776. The van der Waals surface area contributed by atoms with E-state index in [2.05, 4.69) is 15.4 Å². The monoisotopic (exact) mass is 312 g/mol. The molecule has 8 heteroatoms. The molecule has 110 valence electrons. The number of halogens is 3. The minimum atomic E-state index is -4.32. The predicted octanol–water partition coefficient (Wildman–Crippen LogP) is 3.73. The number of aromatic nitrogens is 3. The third kappa shape index (κ3) is 2.99. The van der Waals surface area contributed by atoms with Crippen molar-refractivity contribution in [3.05, 3.63) is 47.3 Å². The third-order valence-corrected chi connectivity index (χ3v) is 3.74. The van der Waals surface area contributed by atoms with E-state index in [4.69, 9.17) is 0 Å². The molecule has 0 spiro atoms. The average Bonchev–Trinajstić information content (AvgIpc) is 2.92. The van der Waals surface area contributed by atoms with Gasteiger partial charge in [0.1, 0.15) is 0 Å². The van der Waals surface area contributed by atoms with Crippen LogP contribution in [0.5, 0.6) is 0 Å². The maximum atomic E-state index is 12.6. The van der Waals surface area contributed by atoms with E-state index in [1.165, 1.54) is 17.4 Å². The highest BCUT2D eigenvalue weighted by molar-refractivity contribution is 7.20. The molecule has 21 heavy (non-hydrogen) atoms. The minimum Gasteiger partial charge on any atom is -0.356 e. The molecular formula is C13H11F3N4S. The summed E-state index contributed by atoms with van der Waals surface area (Å²) < 4.78 is 39.5. The molecule has 0 saturated carbocycles. The number of alkyl halides is 3. The molecule has 0 fully saturated rings. The van der Waals surface area contributed by atoms with Crippen molar-refractivity contribution in [1.82, 2.24) is 14.6 Å². The summed E-state index contributed by atoms with van der Waals surface area (Å²) in [6.45, 7) is 2.15. The van der Waals surface area contributed by atoms with E-state index in [-0.39, 0.29) is 6.54 Å². The Labute approximate surface area is 122 Å². The molecule has 0 unspecified atom stereocenters. The molecule has 1 aromatic carbocycles. The second-order valence-corrected chi connectivity index (χ2v) is 5.52. The molecule has 0 aliphatic heterocycles. The molecule has 0 radical (unpaired) electrons. The summed E-state index contributed by atoms with van der Waals surface area (Å²) in [4.78, 5) is 5.01. The van der Waals surface area contributed by atoms with Gasteiger partial charge in [-0.15, -0.1) is 5.10 Å². The molecule has 1 N–H and O–H groups in total. The summed E-state index contributed by atoms with van der Waals surface area (Å²) in [5, 5.41) is 7.89. The van der Waals surface area contributed by atoms with Crippen LogP contribution in [0.2, 0.25) is 0 Å². The van der Waals surface area contributed by atoms with Gasteiger partial charge in [0.25, 0.3) is 0 Å². The molecule has 2 heterocycles. The fourth-order valence-electron chi connectivity index (χ4n) is 1.92. The largest absolute Gasteiger partial charge is 0.416 e. The van der Waals surface area contributed by atoms with Gasteiger partial charge >= 0.3 is 6.18 Å². The number of rotatable bonds is 3. The van der Waals surface area contributed by atoms with E-state index in [0.29, 0.717) is 10.7 Å². The molecule has 0 amide bonds.